The van der Waals surface area contributed by atoms with Crippen LogP contribution in [0.4, 0.5) is 19.0 Å². The predicted octanol–water partition coefficient (Wildman–Crippen LogP) is 6.04. The van der Waals surface area contributed by atoms with Crippen LogP contribution >= 0.6 is 11.3 Å². The molecule has 206 valence electrons. The van der Waals surface area contributed by atoms with E-state index in [0.29, 0.717) is 34.0 Å². The lowest BCUT2D eigenvalue weighted by Gasteiger charge is -2.33. The van der Waals surface area contributed by atoms with E-state index in [9.17, 15) is 18.4 Å². The fraction of sp³-hybridized carbons (Fsp3) is 0.357. The van der Waals surface area contributed by atoms with Crippen LogP contribution in [-0.4, -0.2) is 49.7 Å². The third-order valence-corrected chi connectivity index (χ3v) is 8.50. The molecule has 0 saturated carbocycles. The molecule has 1 N–H and O–H groups in total. The lowest BCUT2D eigenvalue weighted by atomic mass is 10.0. The van der Waals surface area contributed by atoms with Gasteiger partial charge in [-0.3, -0.25) is 4.90 Å². The fourth-order valence-corrected chi connectivity index (χ4v) is 6.43. The molecule has 8 nitrogen and oxygen atoms in total. The summed E-state index contributed by atoms with van der Waals surface area (Å²) >= 11 is 1.06. The zero-order valence-corrected chi connectivity index (χ0v) is 22.5. The molecule has 40 heavy (non-hydrogen) atoms. The van der Waals surface area contributed by atoms with Crippen molar-refractivity contribution >= 4 is 38.3 Å². The van der Waals surface area contributed by atoms with Gasteiger partial charge in [0.05, 0.1) is 24.5 Å². The normalized spacial score (nSPS) is 15.2. The first kappa shape index (κ1) is 26.3. The van der Waals surface area contributed by atoms with Gasteiger partial charge in [0, 0.05) is 41.5 Å². The summed E-state index contributed by atoms with van der Waals surface area (Å²) in [6, 6.07) is 10.2. The van der Waals surface area contributed by atoms with Crippen LogP contribution < -0.4 is 5.32 Å². The minimum atomic E-state index is -4.25. The molecule has 1 fully saturated rings. The minimum absolute atomic E-state index is 0.173. The van der Waals surface area contributed by atoms with Gasteiger partial charge in [0.1, 0.15) is 34.5 Å². The standard InChI is InChI=1S/C28H26F3N7OS/c1-17-18(2-3-25-23(17)8-20(11-32)38(25)14-21-12-33-16-39-21)13-37-6-4-19(5-7-37)36-26-24-9-22(10-28(29,30)31)40-27(24)35-15-34-26/h2-3,8-9,12,15-16,19H,4-7,10,13-14H2,1H3,(H,34,35,36). The number of fused-ring (bicyclic) bond motifs is 2. The van der Waals surface area contributed by atoms with E-state index in [2.05, 4.69) is 50.3 Å². The molecule has 6 rings (SSSR count). The van der Waals surface area contributed by atoms with Crippen molar-refractivity contribution in [2.24, 2.45) is 0 Å². The van der Waals surface area contributed by atoms with Gasteiger partial charge in [-0.15, -0.1) is 11.3 Å². The highest BCUT2D eigenvalue weighted by atomic mass is 32.1. The van der Waals surface area contributed by atoms with Crippen LogP contribution in [-0.2, 0) is 19.5 Å². The van der Waals surface area contributed by atoms with Gasteiger partial charge in [-0.05, 0) is 49.1 Å². The van der Waals surface area contributed by atoms with Crippen molar-refractivity contribution in [3.05, 3.63) is 70.6 Å². The molecule has 0 bridgehead atoms. The number of thiophene rings is 1. The Balaban J connectivity index is 1.12. The number of aryl methyl sites for hydroxylation is 1. The van der Waals surface area contributed by atoms with Gasteiger partial charge in [0.15, 0.2) is 6.39 Å². The summed E-state index contributed by atoms with van der Waals surface area (Å²) in [4.78, 5) is 15.7. The monoisotopic (exact) mass is 565 g/mol. The van der Waals surface area contributed by atoms with Crippen molar-refractivity contribution in [2.75, 3.05) is 18.4 Å². The third kappa shape index (κ3) is 5.39. The van der Waals surface area contributed by atoms with E-state index in [0.717, 1.165) is 60.3 Å². The zero-order chi connectivity index (χ0) is 27.9. The quantitative estimate of drug-likeness (QED) is 0.257. The number of nitrogens with zero attached hydrogens (tertiary/aromatic N) is 6. The number of hydrogen-bond acceptors (Lipinski definition) is 8. The molecule has 0 radical (unpaired) electrons. The number of halogens is 3. The van der Waals surface area contributed by atoms with Crippen LogP contribution in [0.15, 0.2) is 47.6 Å². The predicted molar refractivity (Wildman–Crippen MR) is 146 cm³/mol. The zero-order valence-electron chi connectivity index (χ0n) is 21.7. The second kappa shape index (κ2) is 10.6. The number of aromatic nitrogens is 4. The van der Waals surface area contributed by atoms with Gasteiger partial charge in [-0.1, -0.05) is 6.07 Å². The van der Waals surface area contributed by atoms with E-state index >= 15 is 0 Å². The van der Waals surface area contributed by atoms with E-state index in [-0.39, 0.29) is 10.9 Å². The Hall–Kier alpha value is -3.95. The molecule has 0 aliphatic carbocycles. The molecule has 4 aromatic heterocycles. The number of oxazole rings is 1. The van der Waals surface area contributed by atoms with E-state index in [1.54, 1.807) is 12.3 Å². The number of nitrogens with one attached hydrogen (secondary N) is 1. The Bertz CT molecular complexity index is 1690. The van der Waals surface area contributed by atoms with Crippen molar-refractivity contribution in [1.82, 2.24) is 24.4 Å². The average molecular weight is 566 g/mol. The highest BCUT2D eigenvalue weighted by Crippen LogP contribution is 2.33. The topological polar surface area (TPSA) is 95.8 Å². The second-order valence-electron chi connectivity index (χ2n) is 10.1. The third-order valence-electron chi connectivity index (χ3n) is 7.46. The molecule has 0 spiro atoms. The van der Waals surface area contributed by atoms with E-state index in [4.69, 9.17) is 4.42 Å². The van der Waals surface area contributed by atoms with Crippen molar-refractivity contribution in [2.45, 2.75) is 51.5 Å². The Labute approximate surface area is 232 Å². The fourth-order valence-electron chi connectivity index (χ4n) is 5.41. The number of hydrogen-bond donors (Lipinski definition) is 1. The van der Waals surface area contributed by atoms with Crippen LogP contribution in [0.1, 0.15) is 40.3 Å². The molecule has 5 aromatic rings. The Morgan fingerprint density at radius 1 is 1.15 bits per heavy atom. The maximum Gasteiger partial charge on any atom is 0.393 e. The van der Waals surface area contributed by atoms with Gasteiger partial charge in [0.2, 0.25) is 0 Å². The van der Waals surface area contributed by atoms with Gasteiger partial charge in [-0.2, -0.15) is 18.4 Å². The Kier molecular flexibility index (Phi) is 6.93. The van der Waals surface area contributed by atoms with Gasteiger partial charge < -0.3 is 14.3 Å². The average Bonchev–Trinajstić information content (AvgIpc) is 3.66. The minimum Gasteiger partial charge on any atom is -0.447 e. The first-order valence-electron chi connectivity index (χ1n) is 13.0. The Morgan fingerprint density at radius 2 is 1.98 bits per heavy atom. The number of anilines is 1. The van der Waals surface area contributed by atoms with Crippen LogP contribution in [0.25, 0.3) is 21.1 Å². The SMILES string of the molecule is Cc1c(CN2CCC(Nc3ncnc4sc(CC(F)(F)F)cc34)CC2)ccc2c1cc(C#N)n2Cc1cnco1. The lowest BCUT2D eigenvalue weighted by molar-refractivity contribution is -0.126. The molecule has 1 aromatic carbocycles. The van der Waals surface area contributed by atoms with E-state index in [1.807, 2.05) is 10.6 Å². The molecule has 1 saturated heterocycles. The summed E-state index contributed by atoms with van der Waals surface area (Å²) in [5.41, 5.74) is 3.93. The largest absolute Gasteiger partial charge is 0.447 e. The summed E-state index contributed by atoms with van der Waals surface area (Å²) in [5.74, 6) is 1.29. The van der Waals surface area contributed by atoms with Crippen LogP contribution in [0.5, 0.6) is 0 Å². The maximum absolute atomic E-state index is 12.9. The van der Waals surface area contributed by atoms with Crippen LogP contribution in [0, 0.1) is 18.3 Å². The highest BCUT2D eigenvalue weighted by Gasteiger charge is 2.29. The lowest BCUT2D eigenvalue weighted by Crippen LogP contribution is -2.39. The van der Waals surface area contributed by atoms with Crippen molar-refractivity contribution in [3.8, 4) is 6.07 Å². The van der Waals surface area contributed by atoms with Crippen LogP contribution in [0.3, 0.4) is 0 Å². The van der Waals surface area contributed by atoms with Crippen molar-refractivity contribution < 1.29 is 17.6 Å². The molecule has 5 heterocycles. The maximum atomic E-state index is 12.9. The summed E-state index contributed by atoms with van der Waals surface area (Å²) in [7, 11) is 0. The summed E-state index contributed by atoms with van der Waals surface area (Å²) in [6.45, 7) is 5.09. The van der Waals surface area contributed by atoms with E-state index < -0.39 is 12.6 Å². The number of benzene rings is 1. The van der Waals surface area contributed by atoms with E-state index in [1.165, 1.54) is 18.3 Å². The Morgan fingerprint density at radius 3 is 2.70 bits per heavy atom. The molecule has 0 unspecified atom stereocenters. The highest BCUT2D eigenvalue weighted by molar-refractivity contribution is 7.18. The molecular weight excluding hydrogens is 539 g/mol. The van der Waals surface area contributed by atoms with Gasteiger partial charge in [0.25, 0.3) is 0 Å². The molecule has 0 atom stereocenters. The molecule has 1 aliphatic rings. The summed E-state index contributed by atoms with van der Waals surface area (Å²) in [5, 5.41) is 14.9. The molecule has 0 amide bonds. The molecular formula is C28H26F3N7OS. The second-order valence-corrected chi connectivity index (χ2v) is 11.2. The number of alkyl halides is 3. The van der Waals surface area contributed by atoms with Gasteiger partial charge in [-0.25, -0.2) is 15.0 Å². The summed E-state index contributed by atoms with van der Waals surface area (Å²) < 4.78 is 46.0. The summed E-state index contributed by atoms with van der Waals surface area (Å²) in [6.07, 6.45) is 1.02. The number of likely N-dealkylation sites (tertiary alicyclic amines) is 1. The first-order chi connectivity index (χ1) is 19.3. The van der Waals surface area contributed by atoms with Crippen LogP contribution in [0.2, 0.25) is 0 Å². The molecule has 12 heteroatoms. The van der Waals surface area contributed by atoms with Crippen molar-refractivity contribution in [1.29, 1.82) is 5.26 Å². The molecule has 1 aliphatic heterocycles. The number of nitriles is 1. The number of rotatable bonds is 7. The number of piperidine rings is 1. The van der Waals surface area contributed by atoms with Crippen molar-refractivity contribution in [3.63, 3.8) is 0 Å². The smallest absolute Gasteiger partial charge is 0.393 e. The first-order valence-corrected chi connectivity index (χ1v) is 13.8. The van der Waals surface area contributed by atoms with Gasteiger partial charge >= 0.3 is 6.18 Å².